The largest absolute Gasteiger partial charge is 0.321 e. The Bertz CT molecular complexity index is 1460. The number of pyridine rings is 1. The lowest BCUT2D eigenvalue weighted by atomic mass is 10.2. The molecule has 1 aromatic carbocycles. The molecule has 19 heteroatoms. The fourth-order valence-electron chi connectivity index (χ4n) is 2.99. The SMILES string of the molecule is Cc1cc(C)[n+](CC(=O)Nc2ccc(S(=O)(=O)Nc3nnc(S(N)(=O)=O)s3)cc2)c(C)c1.[O-][Cl+3]([O-])([O-])[O-]. The van der Waals surface area contributed by atoms with Crippen molar-refractivity contribution in [1.82, 2.24) is 10.2 Å². The first-order chi connectivity index (χ1) is 16.8. The van der Waals surface area contributed by atoms with E-state index < -0.39 is 34.6 Å². The summed E-state index contributed by atoms with van der Waals surface area (Å²) in [5, 5.41) is 14.2. The van der Waals surface area contributed by atoms with Crippen LogP contribution in [-0.2, 0) is 31.4 Å². The second-order valence-electron chi connectivity index (χ2n) is 7.38. The van der Waals surface area contributed by atoms with Gasteiger partial charge in [-0.3, -0.25) is 9.52 Å². The number of nitrogens with one attached hydrogen (secondary N) is 2. The Balaban J connectivity index is 0.000000877. The first-order valence-electron chi connectivity index (χ1n) is 9.73. The maximum absolute atomic E-state index is 12.5. The maximum Gasteiger partial charge on any atom is 0.290 e. The van der Waals surface area contributed by atoms with E-state index in [0.717, 1.165) is 17.0 Å². The van der Waals surface area contributed by atoms with E-state index in [1.165, 1.54) is 24.3 Å². The zero-order valence-electron chi connectivity index (χ0n) is 19.4. The minimum Gasteiger partial charge on any atom is -0.321 e. The van der Waals surface area contributed by atoms with Crippen LogP contribution in [0.3, 0.4) is 0 Å². The zero-order chi connectivity index (χ0) is 28.2. The number of aromatic nitrogens is 3. The van der Waals surface area contributed by atoms with Crippen molar-refractivity contribution in [1.29, 1.82) is 0 Å². The number of primary sulfonamides is 1. The number of hydrogen-bond acceptors (Lipinski definition) is 12. The summed E-state index contributed by atoms with van der Waals surface area (Å²) >= 11 is 0.492. The molecule has 4 N–H and O–H groups in total. The van der Waals surface area contributed by atoms with E-state index in [-0.39, 0.29) is 22.5 Å². The van der Waals surface area contributed by atoms with Crippen LogP contribution in [0.2, 0.25) is 0 Å². The number of anilines is 2. The summed E-state index contributed by atoms with van der Waals surface area (Å²) in [7, 11) is -13.1. The zero-order valence-corrected chi connectivity index (χ0v) is 22.6. The first kappa shape index (κ1) is 30.4. The van der Waals surface area contributed by atoms with Gasteiger partial charge in [0.05, 0.1) is 4.90 Å². The molecule has 0 aliphatic carbocycles. The smallest absolute Gasteiger partial charge is 0.290 e. The van der Waals surface area contributed by atoms with Crippen molar-refractivity contribution in [2.75, 3.05) is 10.0 Å². The minimum absolute atomic E-state index is 0.109. The van der Waals surface area contributed by atoms with E-state index in [2.05, 4.69) is 20.2 Å². The predicted octanol–water partition coefficient (Wildman–Crippen LogP) is -3.92. The summed E-state index contributed by atoms with van der Waals surface area (Å²) in [5.41, 5.74) is 3.43. The normalized spacial score (nSPS) is 11.9. The molecule has 0 saturated carbocycles. The van der Waals surface area contributed by atoms with Crippen molar-refractivity contribution in [3.8, 4) is 0 Å². The van der Waals surface area contributed by atoms with Crippen molar-refractivity contribution in [3.05, 3.63) is 53.3 Å². The molecule has 3 aromatic rings. The lowest BCUT2D eigenvalue weighted by molar-refractivity contribution is -2.00. The van der Waals surface area contributed by atoms with E-state index in [0.29, 0.717) is 17.0 Å². The molecule has 1 amide bonds. The molecule has 0 saturated heterocycles. The van der Waals surface area contributed by atoms with Crippen LogP contribution in [-0.4, -0.2) is 32.9 Å². The van der Waals surface area contributed by atoms with Gasteiger partial charge in [-0.25, -0.2) is 40.6 Å². The molecule has 0 atom stereocenters. The molecule has 37 heavy (non-hydrogen) atoms. The van der Waals surface area contributed by atoms with Crippen LogP contribution >= 0.6 is 11.3 Å². The topological polar surface area (TPSA) is 257 Å². The van der Waals surface area contributed by atoms with Crippen molar-refractivity contribution in [2.24, 2.45) is 5.14 Å². The quantitative estimate of drug-likeness (QED) is 0.222. The van der Waals surface area contributed by atoms with E-state index in [1.54, 1.807) is 0 Å². The Hall–Kier alpha value is -2.81. The Morgan fingerprint density at radius 2 is 1.51 bits per heavy atom. The van der Waals surface area contributed by atoms with Crippen LogP contribution in [0, 0.1) is 31.0 Å². The maximum atomic E-state index is 12.5. The lowest BCUT2D eigenvalue weighted by Crippen LogP contribution is -2.68. The molecular weight excluding hydrogens is 576 g/mol. The molecule has 0 fully saturated rings. The van der Waals surface area contributed by atoms with Crippen LogP contribution < -0.4 is 38.4 Å². The van der Waals surface area contributed by atoms with Crippen molar-refractivity contribution in [3.63, 3.8) is 0 Å². The van der Waals surface area contributed by atoms with Gasteiger partial charge in [-0.2, -0.15) is 4.57 Å². The molecule has 0 aliphatic rings. The molecule has 0 unspecified atom stereocenters. The molecule has 3 rings (SSSR count). The number of nitrogens with zero attached hydrogens (tertiary/aromatic N) is 3. The molecule has 202 valence electrons. The van der Waals surface area contributed by atoms with Crippen LogP contribution in [0.4, 0.5) is 10.8 Å². The molecule has 2 aromatic heterocycles. The lowest BCUT2D eigenvalue weighted by Gasteiger charge is -2.17. The second kappa shape index (κ2) is 11.7. The number of carbonyl (C=O) groups is 1. The summed E-state index contributed by atoms with van der Waals surface area (Å²) in [6.45, 7) is 5.94. The molecule has 15 nitrogen and oxygen atoms in total. The minimum atomic E-state index is -4.94. The Labute approximate surface area is 218 Å². The number of nitrogens with two attached hydrogens (primary N) is 1. The van der Waals surface area contributed by atoms with Gasteiger partial charge in [0.15, 0.2) is 11.4 Å². The van der Waals surface area contributed by atoms with E-state index in [9.17, 15) is 21.6 Å². The predicted molar refractivity (Wildman–Crippen MR) is 118 cm³/mol. The standard InChI is InChI=1S/C18H20N6O5S3.ClHO4/c1-11-8-12(2)24(13(3)9-11)10-16(25)20-14-4-6-15(7-5-14)32(28,29)23-17-21-22-18(30-17)31(19,26)27;2-1(3,4)5/h4-9H,10H2,1-3H3,(H3-,19,20,21,23,25,26,27);(H,2,3,4,5). The number of benzene rings is 1. The first-order valence-corrected chi connectivity index (χ1v) is 14.8. The van der Waals surface area contributed by atoms with Crippen LogP contribution in [0.5, 0.6) is 0 Å². The van der Waals surface area contributed by atoms with Gasteiger partial charge in [-0.1, -0.05) is 11.3 Å². The molecular formula is C18H21ClN6O9S3. The molecule has 0 spiro atoms. The van der Waals surface area contributed by atoms with E-state index in [1.807, 2.05) is 37.5 Å². The van der Waals surface area contributed by atoms with E-state index in [4.69, 9.17) is 23.8 Å². The van der Waals surface area contributed by atoms with Gasteiger partial charge in [-0.15, -0.1) is 20.4 Å². The van der Waals surface area contributed by atoms with Gasteiger partial charge in [-0.05, 0) is 36.8 Å². The highest BCUT2D eigenvalue weighted by atomic mass is 35.7. The molecule has 2 heterocycles. The van der Waals surface area contributed by atoms with Gasteiger partial charge in [0, 0.05) is 31.7 Å². The number of rotatable bonds is 7. The Morgan fingerprint density at radius 1 is 1.00 bits per heavy atom. The van der Waals surface area contributed by atoms with Crippen LogP contribution in [0.25, 0.3) is 0 Å². The van der Waals surface area contributed by atoms with Gasteiger partial charge in [0.2, 0.25) is 16.0 Å². The fourth-order valence-corrected chi connectivity index (χ4v) is 5.55. The van der Waals surface area contributed by atoms with Gasteiger partial charge >= 0.3 is 0 Å². The molecule has 0 aliphatic heterocycles. The highest BCUT2D eigenvalue weighted by molar-refractivity contribution is 7.93. The number of halogens is 1. The number of carbonyl (C=O) groups excluding carboxylic acids is 1. The monoisotopic (exact) mass is 596 g/mol. The highest BCUT2D eigenvalue weighted by Gasteiger charge is 2.21. The second-order valence-corrected chi connectivity index (χ2v) is 12.5. The third-order valence-corrected chi connectivity index (χ3v) is 7.98. The molecule has 0 bridgehead atoms. The van der Waals surface area contributed by atoms with Crippen LogP contribution in [0.1, 0.15) is 17.0 Å². The number of sulfonamides is 2. The average Bonchev–Trinajstić information content (AvgIpc) is 3.18. The number of amides is 1. The fraction of sp³-hybridized carbons (Fsp3) is 0.222. The summed E-state index contributed by atoms with van der Waals surface area (Å²) < 4.78 is 85.0. The van der Waals surface area contributed by atoms with Gasteiger partial charge in [0.1, 0.15) is 0 Å². The van der Waals surface area contributed by atoms with Crippen molar-refractivity contribution in [2.45, 2.75) is 36.6 Å². The van der Waals surface area contributed by atoms with Gasteiger partial charge in [0.25, 0.3) is 26.0 Å². The Kier molecular flexibility index (Phi) is 9.63. The van der Waals surface area contributed by atoms with Crippen LogP contribution in [0.15, 0.2) is 45.6 Å². The van der Waals surface area contributed by atoms with Crippen molar-refractivity contribution >= 4 is 48.1 Å². The summed E-state index contributed by atoms with van der Waals surface area (Å²) in [6, 6.07) is 9.46. The summed E-state index contributed by atoms with van der Waals surface area (Å²) in [6.07, 6.45) is 0. The number of aryl methyl sites for hydroxylation is 3. The third kappa shape index (κ3) is 9.87. The third-order valence-electron chi connectivity index (χ3n) is 4.35. The number of hydrogen-bond donors (Lipinski definition) is 3. The summed E-state index contributed by atoms with van der Waals surface area (Å²) in [4.78, 5) is 12.3. The van der Waals surface area contributed by atoms with Crippen molar-refractivity contribution < 1.29 is 55.1 Å². The Morgan fingerprint density at radius 3 is 1.97 bits per heavy atom. The average molecular weight is 597 g/mol. The van der Waals surface area contributed by atoms with E-state index >= 15 is 0 Å². The summed E-state index contributed by atoms with van der Waals surface area (Å²) in [5.74, 6) is -0.261. The highest BCUT2D eigenvalue weighted by Crippen LogP contribution is 2.22. The molecule has 0 radical (unpaired) electrons. The van der Waals surface area contributed by atoms with Gasteiger partial charge < -0.3 is 5.32 Å².